The number of nitrogens with one attached hydrogen (secondary N) is 1. The van der Waals surface area contributed by atoms with Gasteiger partial charge in [-0.05, 0) is 44.0 Å². The Kier molecular flexibility index (Phi) is 6.35. The number of carbonyl (C=O) groups is 1. The molecule has 0 aromatic heterocycles. The fraction of sp³-hybridized carbons (Fsp3) is 0.529. The predicted molar refractivity (Wildman–Crippen MR) is 88.5 cm³/mol. The minimum Gasteiger partial charge on any atom is -0.365 e. The number of ether oxygens (including phenoxy) is 1. The highest BCUT2D eigenvalue weighted by Gasteiger charge is 2.25. The molecule has 6 nitrogen and oxygen atoms in total. The Morgan fingerprint density at radius 2 is 1.79 bits per heavy atom. The lowest BCUT2D eigenvalue weighted by molar-refractivity contribution is -0.133. The number of hydrogen-bond donors (Lipinski definition) is 1. The van der Waals surface area contributed by atoms with Crippen molar-refractivity contribution in [2.45, 2.75) is 62.6 Å². The lowest BCUT2D eigenvalue weighted by Gasteiger charge is -2.20. The summed E-state index contributed by atoms with van der Waals surface area (Å²) in [4.78, 5) is 12.1. The van der Waals surface area contributed by atoms with Crippen LogP contribution in [0.1, 0.15) is 51.0 Å². The normalized spacial score (nSPS) is 17.5. The van der Waals surface area contributed by atoms with Gasteiger partial charge in [-0.1, -0.05) is 25.7 Å². The highest BCUT2D eigenvalue weighted by molar-refractivity contribution is 7.90. The third-order valence-corrected chi connectivity index (χ3v) is 5.46. The van der Waals surface area contributed by atoms with Crippen LogP contribution in [0.5, 0.6) is 0 Å². The molecule has 1 fully saturated rings. The summed E-state index contributed by atoms with van der Waals surface area (Å²) in [7, 11) is -3.97. The van der Waals surface area contributed by atoms with E-state index in [1.807, 2.05) is 10.8 Å². The van der Waals surface area contributed by atoms with Crippen molar-refractivity contribution in [2.75, 3.05) is 0 Å². The molecule has 0 bridgehead atoms. The Bertz CT molecular complexity index is 699. The molecule has 24 heavy (non-hydrogen) atoms. The first kappa shape index (κ1) is 18.4. The summed E-state index contributed by atoms with van der Waals surface area (Å²) in [5.74, 6) is -0.677. The van der Waals surface area contributed by atoms with Crippen LogP contribution in [0.3, 0.4) is 0 Å². The van der Waals surface area contributed by atoms with Gasteiger partial charge in [0.05, 0.1) is 22.6 Å². The average Bonchev–Trinajstić information content (AvgIpc) is 2.83. The van der Waals surface area contributed by atoms with Crippen molar-refractivity contribution < 1.29 is 17.9 Å². The Morgan fingerprint density at radius 1 is 1.21 bits per heavy atom. The van der Waals surface area contributed by atoms with Crippen LogP contribution < -0.4 is 4.72 Å². The van der Waals surface area contributed by atoms with Crippen LogP contribution in [0, 0.1) is 11.3 Å². The molecule has 0 spiro atoms. The van der Waals surface area contributed by atoms with Gasteiger partial charge in [-0.25, -0.2) is 13.1 Å². The summed E-state index contributed by atoms with van der Waals surface area (Å²) < 4.78 is 32.2. The van der Waals surface area contributed by atoms with Crippen molar-refractivity contribution in [3.8, 4) is 6.07 Å². The number of amides is 1. The molecule has 1 aromatic carbocycles. The molecule has 1 saturated carbocycles. The molecule has 0 radical (unpaired) electrons. The topological polar surface area (TPSA) is 96.3 Å². The smallest absolute Gasteiger partial charge is 0.264 e. The highest BCUT2D eigenvalue weighted by Crippen LogP contribution is 2.21. The molecule has 1 amide bonds. The lowest BCUT2D eigenvalue weighted by Crippen LogP contribution is -2.40. The predicted octanol–water partition coefficient (Wildman–Crippen LogP) is 2.49. The average molecular weight is 350 g/mol. The van der Waals surface area contributed by atoms with Gasteiger partial charge in [-0.2, -0.15) is 5.26 Å². The van der Waals surface area contributed by atoms with E-state index in [9.17, 15) is 13.2 Å². The molecule has 1 unspecified atom stereocenters. The first-order valence-electron chi connectivity index (χ1n) is 8.14. The SMILES string of the molecule is CC(OC1CCCCCC1)C(=O)NS(=O)(=O)c1ccc(C#N)cc1. The molecule has 0 aliphatic heterocycles. The van der Waals surface area contributed by atoms with Crippen molar-refractivity contribution in [3.05, 3.63) is 29.8 Å². The van der Waals surface area contributed by atoms with Crippen LogP contribution in [0.4, 0.5) is 0 Å². The molecule has 2 rings (SSSR count). The Labute approximate surface area is 142 Å². The van der Waals surface area contributed by atoms with Crippen LogP contribution in [0.25, 0.3) is 0 Å². The summed E-state index contributed by atoms with van der Waals surface area (Å²) >= 11 is 0. The van der Waals surface area contributed by atoms with Crippen molar-refractivity contribution in [2.24, 2.45) is 0 Å². The molecule has 1 N–H and O–H groups in total. The number of nitriles is 1. The van der Waals surface area contributed by atoms with Gasteiger partial charge in [0, 0.05) is 0 Å². The minimum absolute atomic E-state index is 0.00543. The molecule has 130 valence electrons. The van der Waals surface area contributed by atoms with E-state index in [1.165, 1.54) is 37.1 Å². The van der Waals surface area contributed by atoms with Gasteiger partial charge in [-0.15, -0.1) is 0 Å². The third kappa shape index (κ3) is 5.05. The van der Waals surface area contributed by atoms with E-state index in [0.717, 1.165) is 25.7 Å². The van der Waals surface area contributed by atoms with Crippen LogP contribution in [0.15, 0.2) is 29.2 Å². The molecule has 1 aliphatic carbocycles. The highest BCUT2D eigenvalue weighted by atomic mass is 32.2. The Balaban J connectivity index is 1.97. The van der Waals surface area contributed by atoms with Gasteiger partial charge in [0.15, 0.2) is 0 Å². The summed E-state index contributed by atoms with van der Waals surface area (Å²) in [6, 6.07) is 7.29. The van der Waals surface area contributed by atoms with Crippen LogP contribution in [-0.2, 0) is 19.6 Å². The maximum absolute atomic E-state index is 12.2. The second kappa shape index (κ2) is 8.27. The largest absolute Gasteiger partial charge is 0.365 e. The number of benzene rings is 1. The monoisotopic (exact) mass is 350 g/mol. The third-order valence-electron chi connectivity index (χ3n) is 4.10. The fourth-order valence-electron chi connectivity index (χ4n) is 2.71. The van der Waals surface area contributed by atoms with E-state index in [4.69, 9.17) is 10.00 Å². The molecule has 1 atom stereocenters. The fourth-order valence-corrected chi connectivity index (χ4v) is 3.75. The molecule has 1 aromatic rings. The zero-order valence-corrected chi connectivity index (χ0v) is 14.5. The second-order valence-corrected chi connectivity index (χ2v) is 7.68. The van der Waals surface area contributed by atoms with Gasteiger partial charge in [0.25, 0.3) is 15.9 Å². The number of carbonyl (C=O) groups excluding carboxylic acids is 1. The van der Waals surface area contributed by atoms with Gasteiger partial charge in [0.1, 0.15) is 6.10 Å². The first-order chi connectivity index (χ1) is 11.4. The summed E-state index contributed by atoms with van der Waals surface area (Å²) in [5.41, 5.74) is 0.352. The van der Waals surface area contributed by atoms with E-state index in [0.29, 0.717) is 5.56 Å². The van der Waals surface area contributed by atoms with E-state index in [1.54, 1.807) is 6.92 Å². The number of sulfonamides is 1. The molecule has 7 heteroatoms. The van der Waals surface area contributed by atoms with E-state index < -0.39 is 22.0 Å². The zero-order valence-electron chi connectivity index (χ0n) is 13.7. The van der Waals surface area contributed by atoms with Crippen molar-refractivity contribution in [1.82, 2.24) is 4.72 Å². The van der Waals surface area contributed by atoms with E-state index >= 15 is 0 Å². The maximum Gasteiger partial charge on any atom is 0.264 e. The Morgan fingerprint density at radius 3 is 2.33 bits per heavy atom. The van der Waals surface area contributed by atoms with Crippen LogP contribution in [-0.4, -0.2) is 26.5 Å². The van der Waals surface area contributed by atoms with Crippen LogP contribution >= 0.6 is 0 Å². The number of rotatable bonds is 5. The van der Waals surface area contributed by atoms with Gasteiger partial charge < -0.3 is 4.74 Å². The first-order valence-corrected chi connectivity index (χ1v) is 9.63. The minimum atomic E-state index is -3.97. The molecular formula is C17H22N2O4S. The van der Waals surface area contributed by atoms with Crippen molar-refractivity contribution in [1.29, 1.82) is 5.26 Å². The van der Waals surface area contributed by atoms with Gasteiger partial charge >= 0.3 is 0 Å². The summed E-state index contributed by atoms with van der Waals surface area (Å²) in [5, 5.41) is 8.74. The molecular weight excluding hydrogens is 328 g/mol. The number of hydrogen-bond acceptors (Lipinski definition) is 5. The van der Waals surface area contributed by atoms with Crippen molar-refractivity contribution >= 4 is 15.9 Å². The summed E-state index contributed by atoms with van der Waals surface area (Å²) in [6.07, 6.45) is 5.47. The van der Waals surface area contributed by atoms with Crippen molar-refractivity contribution in [3.63, 3.8) is 0 Å². The molecule has 1 aliphatic rings. The maximum atomic E-state index is 12.2. The van der Waals surface area contributed by atoms with Crippen LogP contribution in [0.2, 0.25) is 0 Å². The summed E-state index contributed by atoms with van der Waals surface area (Å²) in [6.45, 7) is 1.56. The Hall–Kier alpha value is -1.91. The standard InChI is InChI=1S/C17H22N2O4S/c1-13(23-15-6-4-2-3-5-7-15)17(20)19-24(21,22)16-10-8-14(12-18)9-11-16/h8-11,13,15H,2-7H2,1H3,(H,19,20). The molecule has 0 heterocycles. The van der Waals surface area contributed by atoms with Gasteiger partial charge in [-0.3, -0.25) is 4.79 Å². The lowest BCUT2D eigenvalue weighted by atomic mass is 10.1. The van der Waals surface area contributed by atoms with E-state index in [-0.39, 0.29) is 11.0 Å². The van der Waals surface area contributed by atoms with Gasteiger partial charge in [0.2, 0.25) is 0 Å². The van der Waals surface area contributed by atoms with E-state index in [2.05, 4.69) is 0 Å². The molecule has 0 saturated heterocycles. The zero-order chi connectivity index (χ0) is 17.6. The second-order valence-electron chi connectivity index (χ2n) is 6.00. The quantitative estimate of drug-likeness (QED) is 0.823. The number of nitrogens with zero attached hydrogens (tertiary/aromatic N) is 1.